The number of fused-ring (bicyclic) bond motifs is 2. The standard InChI is InChI=1S/C25H25N/c1-17(26)25(2,3)24-21-15-9-7-13-19(21)23(18-11-5-4-6-12-18)20-14-8-10-16-22(20)24/h4-17H,26H2,1-3H3. The van der Waals surface area contributed by atoms with E-state index < -0.39 is 0 Å². The summed E-state index contributed by atoms with van der Waals surface area (Å²) in [6.07, 6.45) is 0. The second-order valence-corrected chi connectivity index (χ2v) is 7.72. The molecule has 0 saturated carbocycles. The van der Waals surface area contributed by atoms with E-state index >= 15 is 0 Å². The molecule has 0 aliphatic carbocycles. The number of hydrogen-bond donors (Lipinski definition) is 1. The largest absolute Gasteiger partial charge is 0.327 e. The fraction of sp³-hybridized carbons (Fsp3) is 0.200. The molecule has 2 N–H and O–H groups in total. The highest BCUT2D eigenvalue weighted by Gasteiger charge is 2.30. The Balaban J connectivity index is 2.25. The van der Waals surface area contributed by atoms with Crippen LogP contribution in [0.4, 0.5) is 0 Å². The summed E-state index contributed by atoms with van der Waals surface area (Å²) in [5, 5.41) is 5.18. The SMILES string of the molecule is CC(N)C(C)(C)c1c2ccccc2c(-c2ccccc2)c2ccccc12. The molecule has 0 aliphatic rings. The van der Waals surface area contributed by atoms with Gasteiger partial charge in [-0.1, -0.05) is 92.7 Å². The van der Waals surface area contributed by atoms with Gasteiger partial charge in [0, 0.05) is 11.5 Å². The summed E-state index contributed by atoms with van der Waals surface area (Å²) in [5.41, 5.74) is 10.2. The molecule has 1 unspecified atom stereocenters. The second-order valence-electron chi connectivity index (χ2n) is 7.72. The van der Waals surface area contributed by atoms with E-state index in [0.29, 0.717) is 0 Å². The van der Waals surface area contributed by atoms with Crippen molar-refractivity contribution in [3.8, 4) is 11.1 Å². The van der Waals surface area contributed by atoms with E-state index in [-0.39, 0.29) is 11.5 Å². The number of benzene rings is 4. The van der Waals surface area contributed by atoms with Crippen LogP contribution in [0.25, 0.3) is 32.7 Å². The third kappa shape index (κ3) is 2.51. The summed E-state index contributed by atoms with van der Waals surface area (Å²) < 4.78 is 0. The van der Waals surface area contributed by atoms with E-state index in [4.69, 9.17) is 5.73 Å². The molecule has 130 valence electrons. The summed E-state index contributed by atoms with van der Waals surface area (Å²) in [6.45, 7) is 6.62. The third-order valence-corrected chi connectivity index (χ3v) is 5.78. The van der Waals surface area contributed by atoms with Gasteiger partial charge in [-0.15, -0.1) is 0 Å². The van der Waals surface area contributed by atoms with E-state index in [9.17, 15) is 0 Å². The zero-order valence-electron chi connectivity index (χ0n) is 15.7. The molecular formula is C25H25N. The lowest BCUT2D eigenvalue weighted by atomic mass is 9.73. The molecule has 0 heterocycles. The predicted molar refractivity (Wildman–Crippen MR) is 114 cm³/mol. The van der Waals surface area contributed by atoms with Crippen LogP contribution < -0.4 is 5.73 Å². The van der Waals surface area contributed by atoms with E-state index in [1.807, 2.05) is 0 Å². The summed E-state index contributed by atoms with van der Waals surface area (Å²) >= 11 is 0. The van der Waals surface area contributed by atoms with Crippen molar-refractivity contribution in [1.82, 2.24) is 0 Å². The highest BCUT2D eigenvalue weighted by Crippen LogP contribution is 2.44. The average molecular weight is 339 g/mol. The molecule has 1 atom stereocenters. The number of rotatable bonds is 3. The highest BCUT2D eigenvalue weighted by molar-refractivity contribution is 6.15. The Kier molecular flexibility index (Phi) is 4.05. The Bertz CT molecular complexity index is 1020. The predicted octanol–water partition coefficient (Wildman–Crippen LogP) is 6.28. The van der Waals surface area contributed by atoms with Gasteiger partial charge in [-0.25, -0.2) is 0 Å². The lowest BCUT2D eigenvalue weighted by Gasteiger charge is -2.33. The Morgan fingerprint density at radius 3 is 1.54 bits per heavy atom. The molecule has 4 aromatic rings. The summed E-state index contributed by atoms with van der Waals surface area (Å²) in [7, 11) is 0. The van der Waals surface area contributed by atoms with Crippen LogP contribution in [0.3, 0.4) is 0 Å². The van der Waals surface area contributed by atoms with E-state index in [1.165, 1.54) is 38.2 Å². The quantitative estimate of drug-likeness (QED) is 0.436. The van der Waals surface area contributed by atoms with Crippen LogP contribution in [-0.4, -0.2) is 6.04 Å². The van der Waals surface area contributed by atoms with Crippen LogP contribution in [0.15, 0.2) is 78.9 Å². The first-order valence-corrected chi connectivity index (χ1v) is 9.26. The first kappa shape index (κ1) is 16.8. The molecule has 0 aliphatic heterocycles. The maximum Gasteiger partial charge on any atom is 0.0103 e. The monoisotopic (exact) mass is 339 g/mol. The number of hydrogen-bond acceptors (Lipinski definition) is 1. The highest BCUT2D eigenvalue weighted by atomic mass is 14.7. The third-order valence-electron chi connectivity index (χ3n) is 5.78. The van der Waals surface area contributed by atoms with Gasteiger partial charge in [0.15, 0.2) is 0 Å². The van der Waals surface area contributed by atoms with Gasteiger partial charge in [0.05, 0.1) is 0 Å². The minimum Gasteiger partial charge on any atom is -0.327 e. The molecule has 0 fully saturated rings. The lowest BCUT2D eigenvalue weighted by molar-refractivity contribution is 0.441. The van der Waals surface area contributed by atoms with Crippen LogP contribution in [0.5, 0.6) is 0 Å². The van der Waals surface area contributed by atoms with Gasteiger partial charge >= 0.3 is 0 Å². The Labute approximate surface area is 155 Å². The van der Waals surface area contributed by atoms with E-state index in [0.717, 1.165) is 0 Å². The minimum atomic E-state index is -0.131. The zero-order chi connectivity index (χ0) is 18.3. The van der Waals surface area contributed by atoms with Gasteiger partial charge in [0.2, 0.25) is 0 Å². The van der Waals surface area contributed by atoms with Crippen molar-refractivity contribution in [2.75, 3.05) is 0 Å². The molecule has 1 heteroatoms. The van der Waals surface area contributed by atoms with Gasteiger partial charge in [0.25, 0.3) is 0 Å². The van der Waals surface area contributed by atoms with E-state index in [2.05, 4.69) is 99.6 Å². The van der Waals surface area contributed by atoms with Gasteiger partial charge in [-0.05, 0) is 45.2 Å². The Hall–Kier alpha value is -2.64. The smallest absolute Gasteiger partial charge is 0.0103 e. The number of nitrogens with two attached hydrogens (primary N) is 1. The molecule has 0 bridgehead atoms. The van der Waals surface area contributed by atoms with Crippen molar-refractivity contribution in [3.63, 3.8) is 0 Å². The first-order chi connectivity index (χ1) is 12.5. The molecule has 26 heavy (non-hydrogen) atoms. The van der Waals surface area contributed by atoms with Crippen LogP contribution >= 0.6 is 0 Å². The molecule has 0 amide bonds. The molecule has 0 radical (unpaired) electrons. The summed E-state index contributed by atoms with van der Waals surface area (Å²) in [5.74, 6) is 0. The van der Waals surface area contributed by atoms with Gasteiger partial charge < -0.3 is 5.73 Å². The first-order valence-electron chi connectivity index (χ1n) is 9.26. The van der Waals surface area contributed by atoms with Crippen molar-refractivity contribution in [2.45, 2.75) is 32.2 Å². The van der Waals surface area contributed by atoms with Crippen LogP contribution in [0, 0.1) is 0 Å². The minimum absolute atomic E-state index is 0.0527. The van der Waals surface area contributed by atoms with Crippen LogP contribution in [0.2, 0.25) is 0 Å². The van der Waals surface area contributed by atoms with Crippen molar-refractivity contribution in [1.29, 1.82) is 0 Å². The van der Waals surface area contributed by atoms with Crippen molar-refractivity contribution < 1.29 is 0 Å². The fourth-order valence-corrected chi connectivity index (χ4v) is 3.97. The van der Waals surface area contributed by atoms with Crippen LogP contribution in [-0.2, 0) is 5.41 Å². The summed E-state index contributed by atoms with van der Waals surface area (Å²) in [6, 6.07) is 28.2. The molecule has 0 spiro atoms. The summed E-state index contributed by atoms with van der Waals surface area (Å²) in [4.78, 5) is 0. The van der Waals surface area contributed by atoms with Crippen molar-refractivity contribution in [2.24, 2.45) is 5.73 Å². The van der Waals surface area contributed by atoms with Crippen molar-refractivity contribution in [3.05, 3.63) is 84.4 Å². The second kappa shape index (κ2) is 6.26. The lowest BCUT2D eigenvalue weighted by Crippen LogP contribution is -2.38. The van der Waals surface area contributed by atoms with E-state index in [1.54, 1.807) is 0 Å². The van der Waals surface area contributed by atoms with Gasteiger partial charge in [-0.2, -0.15) is 0 Å². The zero-order valence-corrected chi connectivity index (χ0v) is 15.7. The Morgan fingerprint density at radius 2 is 1.08 bits per heavy atom. The normalized spacial score (nSPS) is 13.2. The molecular weight excluding hydrogens is 314 g/mol. The van der Waals surface area contributed by atoms with Crippen LogP contribution in [0.1, 0.15) is 26.3 Å². The van der Waals surface area contributed by atoms with Crippen molar-refractivity contribution >= 4 is 21.5 Å². The topological polar surface area (TPSA) is 26.0 Å². The molecule has 0 saturated heterocycles. The Morgan fingerprint density at radius 1 is 0.654 bits per heavy atom. The van der Waals surface area contributed by atoms with Gasteiger partial charge in [0.1, 0.15) is 0 Å². The van der Waals surface area contributed by atoms with Gasteiger partial charge in [-0.3, -0.25) is 0 Å². The molecule has 4 rings (SSSR count). The molecule has 0 aromatic heterocycles. The maximum atomic E-state index is 6.43. The fourth-order valence-electron chi connectivity index (χ4n) is 3.97. The molecule has 4 aromatic carbocycles. The molecule has 1 nitrogen and oxygen atoms in total. The average Bonchev–Trinajstić information content (AvgIpc) is 2.66. The maximum absolute atomic E-state index is 6.43.